The Bertz CT molecular complexity index is 1100. The van der Waals surface area contributed by atoms with E-state index in [0.717, 1.165) is 22.6 Å². The van der Waals surface area contributed by atoms with Crippen molar-refractivity contribution in [1.82, 2.24) is 25.5 Å². The first kappa shape index (κ1) is 21.2. The number of hydrogen-bond donors (Lipinski definition) is 1. The van der Waals surface area contributed by atoms with E-state index in [2.05, 4.69) is 65.9 Å². The maximum absolute atomic E-state index is 13.0. The number of benzene rings is 2. The summed E-state index contributed by atoms with van der Waals surface area (Å²) in [7, 11) is 0. The van der Waals surface area contributed by atoms with Crippen molar-refractivity contribution in [3.8, 4) is 16.8 Å². The van der Waals surface area contributed by atoms with Crippen LogP contribution in [0, 0.1) is 0 Å². The summed E-state index contributed by atoms with van der Waals surface area (Å²) in [5.74, 6) is 1.34. The van der Waals surface area contributed by atoms with Gasteiger partial charge in [-0.05, 0) is 84.8 Å². The molecule has 1 aliphatic rings. The molecule has 1 fully saturated rings. The zero-order valence-corrected chi connectivity index (χ0v) is 19.2. The molecular formula is C25H31N5O. The molecule has 1 aromatic heterocycles. The number of carbonyl (C=O) groups excluding carboxylic acids is 1. The van der Waals surface area contributed by atoms with E-state index in [1.807, 2.05) is 39.0 Å². The van der Waals surface area contributed by atoms with Crippen molar-refractivity contribution in [3.05, 3.63) is 59.4 Å². The Morgan fingerprint density at radius 2 is 1.65 bits per heavy atom. The number of hydrogen-bond acceptors (Lipinski definition) is 4. The van der Waals surface area contributed by atoms with Gasteiger partial charge in [0.25, 0.3) is 5.91 Å². The van der Waals surface area contributed by atoms with Crippen LogP contribution in [0.15, 0.2) is 42.5 Å². The summed E-state index contributed by atoms with van der Waals surface area (Å²) in [6.45, 7) is 12.1. The van der Waals surface area contributed by atoms with Crippen LogP contribution in [0.1, 0.15) is 82.0 Å². The monoisotopic (exact) mass is 417 g/mol. The normalized spacial score (nSPS) is 14.5. The van der Waals surface area contributed by atoms with E-state index in [1.54, 1.807) is 4.68 Å². The molecule has 0 unspecified atom stereocenters. The molecule has 0 aliphatic heterocycles. The highest BCUT2D eigenvalue weighted by Gasteiger charge is 2.25. The van der Waals surface area contributed by atoms with E-state index >= 15 is 0 Å². The molecular weight excluding hydrogens is 386 g/mol. The molecule has 1 amide bonds. The van der Waals surface area contributed by atoms with Crippen LogP contribution in [-0.2, 0) is 5.41 Å². The first-order chi connectivity index (χ1) is 14.5. The SMILES string of the molecule is CC(C)(C)NC(=O)c1cc(-c2ccc(C3CC3)cc2)cc(-n2nnnc2C(C)(C)C)c1. The molecule has 6 nitrogen and oxygen atoms in total. The minimum absolute atomic E-state index is 0.115. The van der Waals surface area contributed by atoms with Crippen LogP contribution >= 0.6 is 0 Å². The van der Waals surface area contributed by atoms with Crippen molar-refractivity contribution in [3.63, 3.8) is 0 Å². The molecule has 1 heterocycles. The van der Waals surface area contributed by atoms with Gasteiger partial charge >= 0.3 is 0 Å². The highest BCUT2D eigenvalue weighted by Crippen LogP contribution is 2.40. The molecule has 0 saturated heterocycles. The summed E-state index contributed by atoms with van der Waals surface area (Å²) in [5.41, 5.74) is 4.22. The first-order valence-electron chi connectivity index (χ1n) is 10.9. The molecule has 162 valence electrons. The van der Waals surface area contributed by atoms with Crippen molar-refractivity contribution in [2.24, 2.45) is 0 Å². The van der Waals surface area contributed by atoms with Crippen LogP contribution in [-0.4, -0.2) is 31.7 Å². The molecule has 0 bridgehead atoms. The predicted molar refractivity (Wildman–Crippen MR) is 122 cm³/mol. The molecule has 1 saturated carbocycles. The summed E-state index contributed by atoms with van der Waals surface area (Å²) in [4.78, 5) is 13.0. The fourth-order valence-corrected chi connectivity index (χ4v) is 3.64. The second-order valence-corrected chi connectivity index (χ2v) is 10.5. The van der Waals surface area contributed by atoms with E-state index in [-0.39, 0.29) is 16.9 Å². The summed E-state index contributed by atoms with van der Waals surface area (Å²) < 4.78 is 1.73. The van der Waals surface area contributed by atoms with Gasteiger partial charge in [0, 0.05) is 16.5 Å². The minimum Gasteiger partial charge on any atom is -0.347 e. The third-order valence-electron chi connectivity index (χ3n) is 5.35. The highest BCUT2D eigenvalue weighted by atomic mass is 16.1. The molecule has 1 N–H and O–H groups in total. The third kappa shape index (κ3) is 4.84. The number of rotatable bonds is 4. The van der Waals surface area contributed by atoms with Crippen molar-refractivity contribution in [2.75, 3.05) is 0 Å². The summed E-state index contributed by atoms with van der Waals surface area (Å²) in [6, 6.07) is 14.5. The van der Waals surface area contributed by atoms with Crippen molar-refractivity contribution >= 4 is 5.91 Å². The molecule has 0 atom stereocenters. The highest BCUT2D eigenvalue weighted by molar-refractivity contribution is 5.96. The first-order valence-corrected chi connectivity index (χ1v) is 10.9. The van der Waals surface area contributed by atoms with Crippen LogP contribution in [0.4, 0.5) is 0 Å². The second-order valence-electron chi connectivity index (χ2n) is 10.5. The largest absolute Gasteiger partial charge is 0.347 e. The zero-order valence-electron chi connectivity index (χ0n) is 19.2. The van der Waals surface area contributed by atoms with Gasteiger partial charge < -0.3 is 5.32 Å². The number of nitrogens with zero attached hydrogens (tertiary/aromatic N) is 4. The number of tetrazole rings is 1. The smallest absolute Gasteiger partial charge is 0.251 e. The zero-order chi connectivity index (χ0) is 22.4. The molecule has 31 heavy (non-hydrogen) atoms. The fraction of sp³-hybridized carbons (Fsp3) is 0.440. The number of carbonyl (C=O) groups is 1. The molecule has 3 aromatic rings. The van der Waals surface area contributed by atoms with Gasteiger partial charge in [0.15, 0.2) is 5.82 Å². The maximum atomic E-state index is 13.0. The van der Waals surface area contributed by atoms with Gasteiger partial charge in [-0.1, -0.05) is 45.0 Å². The van der Waals surface area contributed by atoms with Crippen LogP contribution in [0.2, 0.25) is 0 Å². The Balaban J connectivity index is 1.81. The molecule has 1 aliphatic carbocycles. The van der Waals surface area contributed by atoms with Crippen molar-refractivity contribution in [1.29, 1.82) is 0 Å². The lowest BCUT2D eigenvalue weighted by atomic mass is 9.95. The maximum Gasteiger partial charge on any atom is 0.251 e. The average molecular weight is 418 g/mol. The molecule has 0 radical (unpaired) electrons. The molecule has 4 rings (SSSR count). The Morgan fingerprint density at radius 3 is 2.23 bits per heavy atom. The van der Waals surface area contributed by atoms with Gasteiger partial charge in [-0.3, -0.25) is 4.79 Å². The van der Waals surface area contributed by atoms with Gasteiger partial charge in [-0.15, -0.1) is 5.10 Å². The summed E-state index contributed by atoms with van der Waals surface area (Å²) in [6.07, 6.45) is 2.56. The molecule has 6 heteroatoms. The van der Waals surface area contributed by atoms with E-state index < -0.39 is 0 Å². The molecule has 0 spiro atoms. The lowest BCUT2D eigenvalue weighted by Gasteiger charge is -2.21. The Morgan fingerprint density at radius 1 is 0.968 bits per heavy atom. The van der Waals surface area contributed by atoms with Crippen LogP contribution in [0.3, 0.4) is 0 Å². The van der Waals surface area contributed by atoms with Gasteiger partial charge in [-0.25, -0.2) is 0 Å². The standard InChI is InChI=1S/C25H31N5O/c1-24(2,3)23-27-28-29-30(23)21-14-19(13-20(15-21)22(31)26-25(4,5)6)18-11-9-17(10-12-18)16-7-8-16/h9-16H,7-8H2,1-6H3,(H,26,31). The fourth-order valence-electron chi connectivity index (χ4n) is 3.64. The van der Waals surface area contributed by atoms with E-state index in [0.29, 0.717) is 11.5 Å². The topological polar surface area (TPSA) is 72.7 Å². The van der Waals surface area contributed by atoms with E-state index in [1.165, 1.54) is 18.4 Å². The summed E-state index contributed by atoms with van der Waals surface area (Å²) in [5, 5.41) is 15.4. The van der Waals surface area contributed by atoms with Crippen LogP contribution < -0.4 is 5.32 Å². The Labute approximate surface area is 184 Å². The van der Waals surface area contributed by atoms with Gasteiger partial charge in [0.1, 0.15) is 0 Å². The number of amides is 1. The van der Waals surface area contributed by atoms with Gasteiger partial charge in [-0.2, -0.15) is 4.68 Å². The van der Waals surface area contributed by atoms with E-state index in [9.17, 15) is 4.79 Å². The van der Waals surface area contributed by atoms with Crippen molar-refractivity contribution in [2.45, 2.75) is 71.3 Å². The Kier molecular flexibility index (Phi) is 5.20. The predicted octanol–water partition coefficient (Wildman–Crippen LogP) is 5.03. The summed E-state index contributed by atoms with van der Waals surface area (Å²) >= 11 is 0. The van der Waals surface area contributed by atoms with Gasteiger partial charge in [0.2, 0.25) is 0 Å². The third-order valence-corrected chi connectivity index (χ3v) is 5.35. The Hall–Kier alpha value is -3.02. The molecule has 2 aromatic carbocycles. The van der Waals surface area contributed by atoms with Crippen LogP contribution in [0.25, 0.3) is 16.8 Å². The quantitative estimate of drug-likeness (QED) is 0.646. The van der Waals surface area contributed by atoms with Crippen LogP contribution in [0.5, 0.6) is 0 Å². The second kappa shape index (κ2) is 7.59. The minimum atomic E-state index is -0.329. The lowest BCUT2D eigenvalue weighted by molar-refractivity contribution is 0.0919. The number of nitrogens with one attached hydrogen (secondary N) is 1. The van der Waals surface area contributed by atoms with E-state index in [4.69, 9.17) is 0 Å². The average Bonchev–Trinajstić information content (AvgIpc) is 3.41. The van der Waals surface area contributed by atoms with Crippen molar-refractivity contribution < 1.29 is 4.79 Å². The number of aromatic nitrogens is 4. The van der Waals surface area contributed by atoms with Gasteiger partial charge in [0.05, 0.1) is 5.69 Å². The lowest BCUT2D eigenvalue weighted by Crippen LogP contribution is -2.40.